The highest BCUT2D eigenvalue weighted by Crippen LogP contribution is 2.60. The molecule has 0 saturated heterocycles. The summed E-state index contributed by atoms with van der Waals surface area (Å²) in [5, 5.41) is 5.44. The Balaban J connectivity index is 1.24. The number of thiophene rings is 1. The van der Waals surface area contributed by atoms with Crippen LogP contribution in [0, 0.1) is 0 Å². The number of hydrogen-bond acceptors (Lipinski definition) is 2. The molecule has 0 bridgehead atoms. The molecular formula is C62H53BN2S. The molecule has 0 saturated carbocycles. The largest absolute Gasteiger partial charge is 0.376 e. The molecular weight excluding hydrogens is 816 g/mol. The van der Waals surface area contributed by atoms with Crippen LogP contribution in [0.25, 0.3) is 81.0 Å². The second-order valence-corrected chi connectivity index (χ2v) is 24.0. The topological polar surface area (TPSA) is 8.17 Å². The van der Waals surface area contributed by atoms with E-state index in [9.17, 15) is 0 Å². The summed E-state index contributed by atoms with van der Waals surface area (Å²) in [5.74, 6) is 0. The van der Waals surface area contributed by atoms with Crippen LogP contribution >= 0.6 is 11.3 Å². The average Bonchev–Trinajstić information content (AvgIpc) is 3.97. The van der Waals surface area contributed by atoms with Crippen LogP contribution in [0.1, 0.15) is 103 Å². The zero-order chi connectivity index (χ0) is 45.1. The summed E-state index contributed by atoms with van der Waals surface area (Å²) in [6.07, 6.45) is 0. The summed E-state index contributed by atoms with van der Waals surface area (Å²) in [6, 6.07) is 55.0. The maximum absolute atomic E-state index is 2.76. The third-order valence-corrected chi connectivity index (χ3v) is 17.6. The first-order chi connectivity index (χ1) is 31.5. The smallest absolute Gasteiger partial charge is 0.333 e. The molecule has 8 aromatic carbocycles. The van der Waals surface area contributed by atoms with Gasteiger partial charge in [-0.25, -0.2) is 0 Å². The Morgan fingerprint density at radius 1 is 0.500 bits per heavy atom. The Kier molecular flexibility index (Phi) is 7.27. The van der Waals surface area contributed by atoms with Crippen LogP contribution in [0.15, 0.2) is 140 Å². The van der Waals surface area contributed by atoms with Crippen molar-refractivity contribution in [3.63, 3.8) is 0 Å². The lowest BCUT2D eigenvalue weighted by molar-refractivity contribution is 0.590. The van der Waals surface area contributed by atoms with Gasteiger partial charge >= 0.3 is 6.85 Å². The van der Waals surface area contributed by atoms with Crippen LogP contribution < -0.4 is 15.7 Å². The monoisotopic (exact) mass is 868 g/mol. The average molecular weight is 869 g/mol. The van der Waals surface area contributed by atoms with Gasteiger partial charge in [0.05, 0.1) is 11.0 Å². The normalized spacial score (nSPS) is 15.9. The Morgan fingerprint density at radius 3 is 1.91 bits per heavy atom. The van der Waals surface area contributed by atoms with Gasteiger partial charge in [0.25, 0.3) is 0 Å². The van der Waals surface area contributed by atoms with Gasteiger partial charge in [-0.2, -0.15) is 0 Å². The van der Waals surface area contributed by atoms with E-state index in [0.29, 0.717) is 0 Å². The fourth-order valence-corrected chi connectivity index (χ4v) is 14.3. The van der Waals surface area contributed by atoms with E-state index in [1.54, 1.807) is 0 Å². The Bertz CT molecular complexity index is 3840. The zero-order valence-corrected chi connectivity index (χ0v) is 40.5. The van der Waals surface area contributed by atoms with E-state index in [0.717, 1.165) is 0 Å². The van der Waals surface area contributed by atoms with Crippen molar-refractivity contribution in [3.05, 3.63) is 173 Å². The molecule has 4 heteroatoms. The molecule has 2 aliphatic carbocycles. The summed E-state index contributed by atoms with van der Waals surface area (Å²) >= 11 is 1.93. The van der Waals surface area contributed by atoms with Crippen molar-refractivity contribution < 1.29 is 0 Å². The van der Waals surface area contributed by atoms with E-state index in [2.05, 4.69) is 218 Å². The van der Waals surface area contributed by atoms with Gasteiger partial charge in [0, 0.05) is 64.4 Å². The SMILES string of the molecule is CC(C)(C)c1ccc(N2B3c4cc5c(cc4-n4c6ccc(C(C)(C)C)cc6c6c7c(c(c3c64)-c3cc4sc6ccccc6c4cc32)-c2ccccc2C7(C)C)C(C)(C)c2ccccc2-5)cc1. The third-order valence-electron chi connectivity index (χ3n) is 16.4. The Morgan fingerprint density at radius 2 is 1.17 bits per heavy atom. The number of fused-ring (bicyclic) bond motifs is 19. The number of benzene rings is 8. The molecule has 14 rings (SSSR count). The summed E-state index contributed by atoms with van der Waals surface area (Å²) in [7, 11) is 0. The van der Waals surface area contributed by atoms with Crippen molar-refractivity contribution in [2.24, 2.45) is 0 Å². The molecule has 0 fully saturated rings. The molecule has 66 heavy (non-hydrogen) atoms. The second-order valence-electron chi connectivity index (χ2n) is 22.9. The van der Waals surface area contributed by atoms with Crippen LogP contribution in [-0.4, -0.2) is 11.4 Å². The number of hydrogen-bond donors (Lipinski definition) is 0. The lowest BCUT2D eigenvalue weighted by Gasteiger charge is -2.43. The van der Waals surface area contributed by atoms with Gasteiger partial charge in [-0.1, -0.05) is 160 Å². The van der Waals surface area contributed by atoms with Gasteiger partial charge in [-0.15, -0.1) is 11.3 Å². The Labute approximate surface area is 392 Å². The van der Waals surface area contributed by atoms with E-state index in [1.165, 1.54) is 137 Å². The molecule has 0 amide bonds. The van der Waals surface area contributed by atoms with Gasteiger partial charge in [0.2, 0.25) is 0 Å². The predicted molar refractivity (Wildman–Crippen MR) is 285 cm³/mol. The number of aromatic nitrogens is 1. The van der Waals surface area contributed by atoms with Crippen molar-refractivity contribution in [3.8, 4) is 39.1 Å². The molecule has 4 heterocycles. The van der Waals surface area contributed by atoms with E-state index < -0.39 is 0 Å². The fraction of sp³-hybridized carbons (Fsp3) is 0.226. The summed E-state index contributed by atoms with van der Waals surface area (Å²) in [5.41, 5.74) is 25.5. The molecule has 2 aromatic heterocycles. The maximum atomic E-state index is 2.76. The van der Waals surface area contributed by atoms with Crippen molar-refractivity contribution in [2.45, 2.75) is 90.9 Å². The molecule has 10 aromatic rings. The summed E-state index contributed by atoms with van der Waals surface area (Å²) in [6.45, 7) is 23.8. The van der Waals surface area contributed by atoms with Crippen LogP contribution in [0.4, 0.5) is 11.4 Å². The molecule has 2 nitrogen and oxygen atoms in total. The van der Waals surface area contributed by atoms with E-state index in [1.807, 2.05) is 11.3 Å². The number of anilines is 2. The standard InChI is InChI=1S/C62H53BN2S/c1-59(2,3)34-23-26-36(27-24-34)65-49-31-41-38-18-13-16-22-51(38)66-52(41)32-43(49)54-53-39-19-12-15-21-45(39)62(9,10)56(53)55-42-29-35(60(4,5)6)25-28-48(42)64-50-33-46-40(30-47(50)63(65)57(54)58(55)64)37-17-11-14-20-44(37)61(46,7)8/h11-33H,1-10H3. The molecule has 0 unspecified atom stereocenters. The minimum atomic E-state index is -0.239. The quantitative estimate of drug-likeness (QED) is 0.149. The van der Waals surface area contributed by atoms with Gasteiger partial charge in [-0.3, -0.25) is 0 Å². The van der Waals surface area contributed by atoms with Crippen LogP contribution in [0.2, 0.25) is 0 Å². The molecule has 4 aliphatic rings. The molecule has 0 spiro atoms. The van der Waals surface area contributed by atoms with Crippen LogP contribution in [0.3, 0.4) is 0 Å². The van der Waals surface area contributed by atoms with Crippen LogP contribution in [-0.2, 0) is 21.7 Å². The lowest BCUT2D eigenvalue weighted by Crippen LogP contribution is -2.61. The van der Waals surface area contributed by atoms with E-state index >= 15 is 0 Å². The highest BCUT2D eigenvalue weighted by molar-refractivity contribution is 7.25. The molecule has 0 atom stereocenters. The van der Waals surface area contributed by atoms with Gasteiger partial charge in [-0.05, 0) is 131 Å². The first kappa shape index (κ1) is 38.9. The third kappa shape index (κ3) is 4.73. The number of nitrogens with zero attached hydrogens (tertiary/aromatic N) is 2. The zero-order valence-electron chi connectivity index (χ0n) is 39.7. The van der Waals surface area contributed by atoms with Gasteiger partial charge in [0.15, 0.2) is 0 Å². The summed E-state index contributed by atoms with van der Waals surface area (Å²) < 4.78 is 5.40. The molecule has 320 valence electrons. The van der Waals surface area contributed by atoms with E-state index in [-0.39, 0.29) is 28.5 Å². The van der Waals surface area contributed by atoms with E-state index in [4.69, 9.17) is 0 Å². The van der Waals surface area contributed by atoms with Gasteiger partial charge < -0.3 is 9.38 Å². The van der Waals surface area contributed by atoms with Crippen molar-refractivity contribution >= 4 is 82.5 Å². The molecule has 2 aliphatic heterocycles. The van der Waals surface area contributed by atoms with Crippen LogP contribution in [0.5, 0.6) is 0 Å². The molecule has 0 N–H and O–H groups in total. The number of rotatable bonds is 1. The minimum Gasteiger partial charge on any atom is -0.376 e. The maximum Gasteiger partial charge on any atom is 0.333 e. The highest BCUT2D eigenvalue weighted by Gasteiger charge is 2.51. The minimum absolute atomic E-state index is 0.0136. The highest BCUT2D eigenvalue weighted by atomic mass is 32.1. The predicted octanol–water partition coefficient (Wildman–Crippen LogP) is 15.6. The Hall–Kier alpha value is -6.36. The lowest BCUT2D eigenvalue weighted by atomic mass is 9.43. The van der Waals surface area contributed by atoms with Crippen molar-refractivity contribution in [1.82, 2.24) is 4.57 Å². The molecule has 0 radical (unpaired) electrons. The van der Waals surface area contributed by atoms with Gasteiger partial charge in [0.1, 0.15) is 0 Å². The first-order valence-corrected chi connectivity index (χ1v) is 24.8. The fourth-order valence-electron chi connectivity index (χ4n) is 13.1. The van der Waals surface area contributed by atoms with Crippen molar-refractivity contribution in [1.29, 1.82) is 0 Å². The summed E-state index contributed by atoms with van der Waals surface area (Å²) in [4.78, 5) is 2.76. The first-order valence-electron chi connectivity index (χ1n) is 24.0. The second kappa shape index (κ2) is 12.3. The van der Waals surface area contributed by atoms with Crippen molar-refractivity contribution in [2.75, 3.05) is 4.81 Å².